The van der Waals surface area contributed by atoms with Gasteiger partial charge < -0.3 is 5.32 Å². The maximum absolute atomic E-state index is 13.2. The molecule has 0 spiro atoms. The van der Waals surface area contributed by atoms with Gasteiger partial charge >= 0.3 is 0 Å². The number of aromatic nitrogens is 2. The molecule has 4 rings (SSSR count). The number of thioether (sulfide) groups is 1. The number of benzene rings is 3. The SMILES string of the molecule is O=C(CSc1nc2ccccc2c(=O)n1Cc1ccccc1)NCCCc1ccccc1. The van der Waals surface area contributed by atoms with Gasteiger partial charge in [-0.3, -0.25) is 14.2 Å². The van der Waals surface area contributed by atoms with Crippen molar-refractivity contribution >= 4 is 28.6 Å². The molecule has 0 unspecified atom stereocenters. The second kappa shape index (κ2) is 10.8. The number of aryl methyl sites for hydroxylation is 1. The van der Waals surface area contributed by atoms with Crippen molar-refractivity contribution in [2.45, 2.75) is 24.5 Å². The first-order valence-corrected chi connectivity index (χ1v) is 11.7. The van der Waals surface area contributed by atoms with E-state index < -0.39 is 0 Å². The van der Waals surface area contributed by atoms with Gasteiger partial charge in [0.25, 0.3) is 5.56 Å². The van der Waals surface area contributed by atoms with E-state index in [1.165, 1.54) is 17.3 Å². The Labute approximate surface area is 191 Å². The fourth-order valence-electron chi connectivity index (χ4n) is 3.51. The number of carbonyl (C=O) groups excluding carboxylic acids is 1. The van der Waals surface area contributed by atoms with Crippen LogP contribution in [0.25, 0.3) is 10.9 Å². The molecule has 3 aromatic carbocycles. The normalized spacial score (nSPS) is 10.9. The largest absolute Gasteiger partial charge is 0.355 e. The van der Waals surface area contributed by atoms with Gasteiger partial charge in [-0.1, -0.05) is 84.6 Å². The summed E-state index contributed by atoms with van der Waals surface area (Å²) in [6.07, 6.45) is 1.81. The standard InChI is InChI=1S/C26H25N3O2S/c30-24(27-17-9-14-20-10-3-1-4-11-20)19-32-26-28-23-16-8-7-15-22(23)25(31)29(26)18-21-12-5-2-6-13-21/h1-8,10-13,15-16H,9,14,17-19H2,(H,27,30). The summed E-state index contributed by atoms with van der Waals surface area (Å²) in [5, 5.41) is 4.10. The molecule has 0 aliphatic heterocycles. The molecule has 0 bridgehead atoms. The van der Waals surface area contributed by atoms with Crippen LogP contribution in [0.5, 0.6) is 0 Å². The lowest BCUT2D eigenvalue weighted by Gasteiger charge is -2.13. The van der Waals surface area contributed by atoms with Crippen LogP contribution < -0.4 is 10.9 Å². The number of rotatable bonds is 9. The summed E-state index contributed by atoms with van der Waals surface area (Å²) in [6, 6.07) is 27.4. The quantitative estimate of drug-likeness (QED) is 0.238. The number of para-hydroxylation sites is 1. The zero-order chi connectivity index (χ0) is 22.2. The summed E-state index contributed by atoms with van der Waals surface area (Å²) in [6.45, 7) is 1.04. The highest BCUT2D eigenvalue weighted by Gasteiger charge is 2.13. The molecule has 5 nitrogen and oxygen atoms in total. The lowest BCUT2D eigenvalue weighted by molar-refractivity contribution is -0.118. The van der Waals surface area contributed by atoms with E-state index in [4.69, 9.17) is 0 Å². The minimum absolute atomic E-state index is 0.0586. The number of hydrogen-bond acceptors (Lipinski definition) is 4. The average Bonchev–Trinajstić information content (AvgIpc) is 2.84. The van der Waals surface area contributed by atoms with Crippen LogP contribution in [-0.2, 0) is 17.8 Å². The molecule has 1 heterocycles. The van der Waals surface area contributed by atoms with Crippen molar-refractivity contribution in [3.05, 3.63) is 106 Å². The monoisotopic (exact) mass is 443 g/mol. The molecule has 0 aliphatic rings. The predicted molar refractivity (Wildman–Crippen MR) is 130 cm³/mol. The molecule has 0 radical (unpaired) electrons. The van der Waals surface area contributed by atoms with Crippen molar-refractivity contribution in [1.29, 1.82) is 0 Å². The average molecular weight is 444 g/mol. The molecule has 0 aliphatic carbocycles. The highest BCUT2D eigenvalue weighted by molar-refractivity contribution is 7.99. The fourth-order valence-corrected chi connectivity index (χ4v) is 4.34. The molecule has 1 aromatic heterocycles. The fraction of sp³-hybridized carbons (Fsp3) is 0.192. The zero-order valence-electron chi connectivity index (χ0n) is 17.7. The highest BCUT2D eigenvalue weighted by atomic mass is 32.2. The van der Waals surface area contributed by atoms with Gasteiger partial charge in [-0.05, 0) is 36.1 Å². The molecule has 0 saturated carbocycles. The van der Waals surface area contributed by atoms with E-state index in [0.717, 1.165) is 18.4 Å². The van der Waals surface area contributed by atoms with Gasteiger partial charge in [-0.2, -0.15) is 0 Å². The smallest absolute Gasteiger partial charge is 0.262 e. The van der Waals surface area contributed by atoms with Crippen LogP contribution in [0.3, 0.4) is 0 Å². The Hall–Kier alpha value is -3.38. The topological polar surface area (TPSA) is 64.0 Å². The summed E-state index contributed by atoms with van der Waals surface area (Å²) >= 11 is 1.30. The van der Waals surface area contributed by atoms with Crippen LogP contribution >= 0.6 is 11.8 Å². The van der Waals surface area contributed by atoms with Crippen molar-refractivity contribution in [1.82, 2.24) is 14.9 Å². The van der Waals surface area contributed by atoms with Crippen molar-refractivity contribution in [3.8, 4) is 0 Å². The minimum Gasteiger partial charge on any atom is -0.355 e. The number of hydrogen-bond donors (Lipinski definition) is 1. The minimum atomic E-state index is -0.0924. The van der Waals surface area contributed by atoms with E-state index in [1.54, 1.807) is 10.6 Å². The van der Waals surface area contributed by atoms with Crippen LogP contribution in [0.1, 0.15) is 17.5 Å². The van der Waals surface area contributed by atoms with Crippen LogP contribution in [0.15, 0.2) is 94.9 Å². The Bertz CT molecular complexity index is 1240. The number of amides is 1. The number of fused-ring (bicyclic) bond motifs is 1. The molecule has 6 heteroatoms. The third kappa shape index (κ3) is 5.65. The van der Waals surface area contributed by atoms with E-state index in [2.05, 4.69) is 22.4 Å². The maximum atomic E-state index is 13.2. The number of carbonyl (C=O) groups is 1. The van der Waals surface area contributed by atoms with E-state index in [-0.39, 0.29) is 17.2 Å². The molecule has 32 heavy (non-hydrogen) atoms. The third-order valence-corrected chi connectivity index (χ3v) is 6.13. The predicted octanol–water partition coefficient (Wildman–Crippen LogP) is 4.29. The molecule has 1 amide bonds. The van der Waals surface area contributed by atoms with Crippen molar-refractivity contribution < 1.29 is 4.79 Å². The van der Waals surface area contributed by atoms with Crippen LogP contribution in [0.2, 0.25) is 0 Å². The Kier molecular flexibility index (Phi) is 7.35. The first-order chi connectivity index (χ1) is 15.7. The number of nitrogens with one attached hydrogen (secondary N) is 1. The van der Waals surface area contributed by atoms with Crippen molar-refractivity contribution in [3.63, 3.8) is 0 Å². The second-order valence-corrected chi connectivity index (χ2v) is 8.46. The van der Waals surface area contributed by atoms with Gasteiger partial charge in [-0.15, -0.1) is 0 Å². The van der Waals surface area contributed by atoms with Gasteiger partial charge in [0.2, 0.25) is 5.91 Å². The Morgan fingerprint density at radius 3 is 2.28 bits per heavy atom. The molecule has 1 N–H and O–H groups in total. The van der Waals surface area contributed by atoms with Crippen LogP contribution in [0, 0.1) is 0 Å². The molecule has 4 aromatic rings. The molecule has 0 atom stereocenters. The summed E-state index contributed by atoms with van der Waals surface area (Å²) in [5.74, 6) is 0.155. The third-order valence-electron chi connectivity index (χ3n) is 5.15. The van der Waals surface area contributed by atoms with Crippen LogP contribution in [0.4, 0.5) is 0 Å². The van der Waals surface area contributed by atoms with Gasteiger partial charge in [0.15, 0.2) is 5.16 Å². The summed E-state index contributed by atoms with van der Waals surface area (Å²) < 4.78 is 1.66. The second-order valence-electron chi connectivity index (χ2n) is 7.52. The molecular formula is C26H25N3O2S. The number of nitrogens with zero attached hydrogens (tertiary/aromatic N) is 2. The Balaban J connectivity index is 1.42. The molecule has 162 valence electrons. The first kappa shape index (κ1) is 21.8. The molecule has 0 fully saturated rings. The van der Waals surface area contributed by atoms with Gasteiger partial charge in [0.1, 0.15) is 0 Å². The van der Waals surface area contributed by atoms with Gasteiger partial charge in [0.05, 0.1) is 23.2 Å². The van der Waals surface area contributed by atoms with E-state index in [0.29, 0.717) is 29.1 Å². The Morgan fingerprint density at radius 2 is 1.53 bits per heavy atom. The highest BCUT2D eigenvalue weighted by Crippen LogP contribution is 2.19. The molecular weight excluding hydrogens is 418 g/mol. The van der Waals surface area contributed by atoms with E-state index in [9.17, 15) is 9.59 Å². The summed E-state index contributed by atoms with van der Waals surface area (Å²) in [5.41, 5.74) is 2.83. The summed E-state index contributed by atoms with van der Waals surface area (Å²) in [7, 11) is 0. The maximum Gasteiger partial charge on any atom is 0.262 e. The van der Waals surface area contributed by atoms with Crippen molar-refractivity contribution in [2.75, 3.05) is 12.3 Å². The van der Waals surface area contributed by atoms with Gasteiger partial charge in [0, 0.05) is 6.54 Å². The summed E-state index contributed by atoms with van der Waals surface area (Å²) in [4.78, 5) is 30.2. The zero-order valence-corrected chi connectivity index (χ0v) is 18.6. The molecule has 0 saturated heterocycles. The lowest BCUT2D eigenvalue weighted by Crippen LogP contribution is -2.28. The van der Waals surface area contributed by atoms with Crippen molar-refractivity contribution in [2.24, 2.45) is 0 Å². The van der Waals surface area contributed by atoms with Crippen LogP contribution in [-0.4, -0.2) is 27.8 Å². The lowest BCUT2D eigenvalue weighted by atomic mass is 10.1. The van der Waals surface area contributed by atoms with E-state index in [1.807, 2.05) is 66.7 Å². The Morgan fingerprint density at radius 1 is 0.875 bits per heavy atom. The van der Waals surface area contributed by atoms with Gasteiger partial charge in [-0.25, -0.2) is 4.98 Å². The first-order valence-electron chi connectivity index (χ1n) is 10.7. The van der Waals surface area contributed by atoms with E-state index >= 15 is 0 Å².